The van der Waals surface area contributed by atoms with Gasteiger partial charge in [-0.2, -0.15) is 9.90 Å². The van der Waals surface area contributed by atoms with Crippen molar-refractivity contribution in [3.05, 3.63) is 132 Å². The maximum atomic E-state index is 10.7. The molecule has 0 aliphatic rings. The zero-order chi connectivity index (χ0) is 24.4. The lowest BCUT2D eigenvalue weighted by Crippen LogP contribution is -2.22. The SMILES string of the molecule is Br.COP(=O)(OC)OC.P.PC(c1ccccc1)(c1ccccc1)c1ccccc1-c1ccccc1. The molecule has 0 aromatic heterocycles. The average molecular weight is 607 g/mol. The first-order valence-electron chi connectivity index (χ1n) is 10.8. The highest BCUT2D eigenvalue weighted by atomic mass is 79.9. The molecule has 192 valence electrons. The molecule has 0 aliphatic heterocycles. The van der Waals surface area contributed by atoms with Crippen LogP contribution in [0.4, 0.5) is 0 Å². The van der Waals surface area contributed by atoms with Crippen LogP contribution in [0.2, 0.25) is 0 Å². The van der Waals surface area contributed by atoms with E-state index in [9.17, 15) is 4.57 Å². The van der Waals surface area contributed by atoms with Gasteiger partial charge in [0, 0.05) is 21.3 Å². The van der Waals surface area contributed by atoms with Crippen LogP contribution in [-0.4, -0.2) is 21.3 Å². The molecular formula is C28H34BrO4P3. The highest BCUT2D eigenvalue weighted by molar-refractivity contribution is 8.93. The van der Waals surface area contributed by atoms with Crippen LogP contribution in [-0.2, 0) is 23.3 Å². The molecule has 0 amide bonds. The summed E-state index contributed by atoms with van der Waals surface area (Å²) in [4.78, 5) is 0. The summed E-state index contributed by atoms with van der Waals surface area (Å²) in [5, 5.41) is -0.311. The average Bonchev–Trinajstić information content (AvgIpc) is 2.94. The summed E-state index contributed by atoms with van der Waals surface area (Å²) in [5.41, 5.74) is 6.31. The van der Waals surface area contributed by atoms with E-state index in [0.717, 1.165) is 0 Å². The first kappa shape index (κ1) is 32.4. The Morgan fingerprint density at radius 1 is 0.611 bits per heavy atom. The van der Waals surface area contributed by atoms with Crippen molar-refractivity contribution in [1.82, 2.24) is 0 Å². The highest BCUT2D eigenvalue weighted by Crippen LogP contribution is 2.48. The molecule has 4 aromatic rings. The van der Waals surface area contributed by atoms with E-state index in [1.807, 2.05) is 0 Å². The van der Waals surface area contributed by atoms with Gasteiger partial charge in [0.15, 0.2) is 0 Å². The fraction of sp³-hybridized carbons (Fsp3) is 0.143. The number of phosphoric acid groups is 1. The van der Waals surface area contributed by atoms with Gasteiger partial charge in [-0.25, -0.2) is 4.57 Å². The lowest BCUT2D eigenvalue weighted by molar-refractivity contribution is 0.178. The number of rotatable bonds is 7. The highest BCUT2D eigenvalue weighted by Gasteiger charge is 2.33. The Morgan fingerprint density at radius 2 is 0.972 bits per heavy atom. The van der Waals surface area contributed by atoms with E-state index in [4.69, 9.17) is 0 Å². The van der Waals surface area contributed by atoms with Crippen LogP contribution in [0.3, 0.4) is 0 Å². The van der Waals surface area contributed by atoms with Crippen molar-refractivity contribution in [3.63, 3.8) is 0 Å². The smallest absolute Gasteiger partial charge is 0.290 e. The van der Waals surface area contributed by atoms with Crippen LogP contribution in [0.15, 0.2) is 115 Å². The van der Waals surface area contributed by atoms with Crippen molar-refractivity contribution in [2.45, 2.75) is 5.16 Å². The largest absolute Gasteiger partial charge is 0.473 e. The Labute approximate surface area is 231 Å². The molecule has 4 rings (SSSR count). The van der Waals surface area contributed by atoms with E-state index in [1.165, 1.54) is 49.1 Å². The summed E-state index contributed by atoms with van der Waals surface area (Å²) in [7, 11) is 3.76. The lowest BCUT2D eigenvalue weighted by Gasteiger charge is -2.33. The van der Waals surface area contributed by atoms with E-state index in [-0.39, 0.29) is 32.0 Å². The molecular weight excluding hydrogens is 573 g/mol. The van der Waals surface area contributed by atoms with Crippen molar-refractivity contribution in [2.24, 2.45) is 0 Å². The molecule has 36 heavy (non-hydrogen) atoms. The van der Waals surface area contributed by atoms with Gasteiger partial charge in [0.1, 0.15) is 0 Å². The Morgan fingerprint density at radius 3 is 1.36 bits per heavy atom. The molecule has 0 aliphatic carbocycles. The van der Waals surface area contributed by atoms with Crippen molar-refractivity contribution in [2.75, 3.05) is 21.3 Å². The van der Waals surface area contributed by atoms with E-state index in [1.54, 1.807) is 0 Å². The molecule has 0 bridgehead atoms. The van der Waals surface area contributed by atoms with Gasteiger partial charge in [0.2, 0.25) is 0 Å². The normalized spacial score (nSPS) is 10.8. The standard InChI is InChI=1S/C25H21P.C3H9O4P.BrH.H3P/c26-25(21-14-6-2-7-15-21,22-16-8-3-9-17-22)24-19-11-10-18-23(24)20-12-4-1-5-13-20;1-5-8(4,6-2)7-3;;/h1-19H,26H2;1-3H3;1H;1H3. The molecule has 0 spiro atoms. The van der Waals surface area contributed by atoms with Gasteiger partial charge in [-0.15, -0.1) is 26.2 Å². The van der Waals surface area contributed by atoms with E-state index >= 15 is 0 Å². The van der Waals surface area contributed by atoms with Crippen LogP contribution >= 0.6 is 43.9 Å². The minimum Gasteiger partial charge on any atom is -0.290 e. The number of halogens is 1. The Balaban J connectivity index is 0.000000567. The molecule has 4 aromatic carbocycles. The summed E-state index contributed by atoms with van der Waals surface area (Å²) >= 11 is 0. The van der Waals surface area contributed by atoms with E-state index in [2.05, 4.69) is 138 Å². The lowest BCUT2D eigenvalue weighted by atomic mass is 9.80. The Hall–Kier alpha value is -1.67. The van der Waals surface area contributed by atoms with E-state index < -0.39 is 7.82 Å². The zero-order valence-corrected chi connectivity index (χ0v) is 25.9. The minimum absolute atomic E-state index is 0. The first-order chi connectivity index (χ1) is 16.5. The maximum Gasteiger partial charge on any atom is 0.473 e. The predicted octanol–water partition coefficient (Wildman–Crippen LogP) is 8.19. The molecule has 2 unspecified atom stereocenters. The number of phosphoric ester groups is 1. The van der Waals surface area contributed by atoms with Gasteiger partial charge in [-0.3, -0.25) is 13.6 Å². The molecule has 4 nitrogen and oxygen atoms in total. The topological polar surface area (TPSA) is 44.8 Å². The van der Waals surface area contributed by atoms with Gasteiger partial charge in [0.05, 0.1) is 5.16 Å². The molecule has 0 fully saturated rings. The summed E-state index contributed by atoms with van der Waals surface area (Å²) in [6, 6.07) is 40.8. The minimum atomic E-state index is -3.16. The Bertz CT molecular complexity index is 1150. The van der Waals surface area contributed by atoms with Crippen LogP contribution in [0.25, 0.3) is 11.1 Å². The summed E-state index contributed by atoms with van der Waals surface area (Å²) in [5.74, 6) is 0. The molecule has 2 atom stereocenters. The fourth-order valence-corrected chi connectivity index (χ4v) is 4.88. The van der Waals surface area contributed by atoms with Gasteiger partial charge < -0.3 is 0 Å². The van der Waals surface area contributed by atoms with Crippen LogP contribution < -0.4 is 0 Å². The first-order valence-corrected chi connectivity index (χ1v) is 12.8. The Kier molecular flexibility index (Phi) is 14.0. The zero-order valence-electron chi connectivity index (χ0n) is 20.7. The van der Waals surface area contributed by atoms with Crippen molar-refractivity contribution in [3.8, 4) is 11.1 Å². The van der Waals surface area contributed by atoms with Gasteiger partial charge in [-0.05, 0) is 27.8 Å². The van der Waals surface area contributed by atoms with E-state index in [0.29, 0.717) is 0 Å². The summed E-state index contributed by atoms with van der Waals surface area (Å²) < 4.78 is 23.7. The molecule has 0 heterocycles. The van der Waals surface area contributed by atoms with Gasteiger partial charge in [0.25, 0.3) is 0 Å². The third kappa shape index (κ3) is 7.67. The quantitative estimate of drug-likeness (QED) is 0.157. The molecule has 0 radical (unpaired) electrons. The second-order valence-electron chi connectivity index (χ2n) is 7.45. The fourth-order valence-electron chi connectivity index (χ4n) is 3.80. The van der Waals surface area contributed by atoms with Crippen molar-refractivity contribution in [1.29, 1.82) is 0 Å². The third-order valence-electron chi connectivity index (χ3n) is 5.57. The predicted molar refractivity (Wildman–Crippen MR) is 164 cm³/mol. The second-order valence-corrected chi connectivity index (χ2v) is 10.3. The maximum absolute atomic E-state index is 10.7. The number of benzene rings is 4. The van der Waals surface area contributed by atoms with Crippen molar-refractivity contribution < 1.29 is 18.1 Å². The van der Waals surface area contributed by atoms with Crippen LogP contribution in [0.5, 0.6) is 0 Å². The number of hydrogen-bond acceptors (Lipinski definition) is 4. The summed E-state index contributed by atoms with van der Waals surface area (Å²) in [6.07, 6.45) is 0. The molecule has 0 saturated heterocycles. The third-order valence-corrected chi connectivity index (χ3v) is 7.89. The monoisotopic (exact) mass is 606 g/mol. The van der Waals surface area contributed by atoms with Gasteiger partial charge in [-0.1, -0.05) is 115 Å². The molecule has 0 N–H and O–H groups in total. The van der Waals surface area contributed by atoms with Crippen LogP contribution in [0, 0.1) is 0 Å². The van der Waals surface area contributed by atoms with Gasteiger partial charge >= 0.3 is 7.82 Å². The molecule has 0 saturated carbocycles. The van der Waals surface area contributed by atoms with Crippen molar-refractivity contribution >= 4 is 43.9 Å². The second kappa shape index (κ2) is 15.6. The summed E-state index contributed by atoms with van der Waals surface area (Å²) in [6.45, 7) is 0. The molecule has 8 heteroatoms. The van der Waals surface area contributed by atoms with Crippen LogP contribution in [0.1, 0.15) is 16.7 Å². The number of hydrogen-bond donors (Lipinski definition) is 0.